The lowest BCUT2D eigenvalue weighted by atomic mass is 10.0. The van der Waals surface area contributed by atoms with Crippen molar-refractivity contribution in [2.45, 2.75) is 91.3 Å². The zero-order valence-electron chi connectivity index (χ0n) is 20.8. The molecule has 7 nitrogen and oxygen atoms in total. The van der Waals surface area contributed by atoms with Gasteiger partial charge in [-0.1, -0.05) is 56.5 Å². The monoisotopic (exact) mass is 447 g/mol. The molecule has 1 rings (SSSR count). The number of carbonyl (C=O) groups is 3. The van der Waals surface area contributed by atoms with Gasteiger partial charge < -0.3 is 20.3 Å². The van der Waals surface area contributed by atoms with Crippen molar-refractivity contribution >= 4 is 17.9 Å². The fraction of sp³-hybridized carbons (Fsp3) is 0.640. The standard InChI is InChI=1S/C25H41N3O4/c1-8-9-10-14-17-28(20(29)18-26-23(31)32-25(5,6)7)21(19-15-12-11-13-16-19)22(30)27-24(2,3)4/h11-13,15-16,21H,8-10,14,17-18H2,1-7H3,(H,26,31)(H,27,30). The Morgan fingerprint density at radius 1 is 0.969 bits per heavy atom. The Bertz CT molecular complexity index is 736. The van der Waals surface area contributed by atoms with E-state index in [0.29, 0.717) is 6.54 Å². The van der Waals surface area contributed by atoms with Gasteiger partial charge in [-0.25, -0.2) is 4.79 Å². The van der Waals surface area contributed by atoms with E-state index in [2.05, 4.69) is 17.6 Å². The van der Waals surface area contributed by atoms with Crippen LogP contribution in [-0.2, 0) is 14.3 Å². The molecule has 0 aliphatic rings. The lowest BCUT2D eigenvalue weighted by molar-refractivity contribution is -0.141. The SMILES string of the molecule is CCCCCCN(C(=O)CNC(=O)OC(C)(C)C)C(C(=O)NC(C)(C)C)c1ccccc1. The number of nitrogens with one attached hydrogen (secondary N) is 2. The predicted octanol–water partition coefficient (Wildman–Crippen LogP) is 4.58. The molecule has 2 N–H and O–H groups in total. The Morgan fingerprint density at radius 3 is 2.12 bits per heavy atom. The first-order valence-corrected chi connectivity index (χ1v) is 11.5. The van der Waals surface area contributed by atoms with Gasteiger partial charge in [-0.3, -0.25) is 9.59 Å². The highest BCUT2D eigenvalue weighted by molar-refractivity contribution is 5.90. The van der Waals surface area contributed by atoms with E-state index in [4.69, 9.17) is 4.74 Å². The summed E-state index contributed by atoms with van der Waals surface area (Å²) in [5.74, 6) is -0.574. The van der Waals surface area contributed by atoms with Crippen LogP contribution in [0.3, 0.4) is 0 Å². The van der Waals surface area contributed by atoms with Gasteiger partial charge in [0.25, 0.3) is 0 Å². The van der Waals surface area contributed by atoms with Crippen LogP contribution in [0.1, 0.15) is 85.8 Å². The molecule has 0 aliphatic heterocycles. The third-order valence-electron chi connectivity index (χ3n) is 4.53. The number of amides is 3. The van der Waals surface area contributed by atoms with Gasteiger partial charge in [-0.2, -0.15) is 0 Å². The van der Waals surface area contributed by atoms with Crippen LogP contribution in [-0.4, -0.2) is 47.0 Å². The predicted molar refractivity (Wildman–Crippen MR) is 127 cm³/mol. The number of carbonyl (C=O) groups excluding carboxylic acids is 3. The molecule has 180 valence electrons. The molecule has 0 bridgehead atoms. The Hall–Kier alpha value is -2.57. The topological polar surface area (TPSA) is 87.7 Å². The summed E-state index contributed by atoms with van der Waals surface area (Å²) in [4.78, 5) is 40.2. The van der Waals surface area contributed by atoms with Crippen LogP contribution in [0.25, 0.3) is 0 Å². The van der Waals surface area contributed by atoms with E-state index in [0.717, 1.165) is 31.2 Å². The summed E-state index contributed by atoms with van der Waals surface area (Å²) in [6, 6.07) is 8.49. The Labute approximate surface area is 193 Å². The molecule has 1 atom stereocenters. The second-order valence-corrected chi connectivity index (χ2v) is 10.1. The van der Waals surface area contributed by atoms with Crippen LogP contribution in [0.4, 0.5) is 4.79 Å². The average Bonchev–Trinajstić information content (AvgIpc) is 2.66. The molecule has 0 aromatic heterocycles. The molecule has 1 aromatic rings. The summed E-state index contributed by atoms with van der Waals surface area (Å²) in [6.07, 6.45) is 3.20. The molecular weight excluding hydrogens is 406 g/mol. The molecule has 7 heteroatoms. The van der Waals surface area contributed by atoms with Gasteiger partial charge in [0.15, 0.2) is 0 Å². The minimum atomic E-state index is -0.787. The summed E-state index contributed by atoms with van der Waals surface area (Å²) >= 11 is 0. The normalized spacial score (nSPS) is 12.6. The number of hydrogen-bond acceptors (Lipinski definition) is 4. The summed E-state index contributed by atoms with van der Waals surface area (Å²) in [7, 11) is 0. The number of benzene rings is 1. The van der Waals surface area contributed by atoms with Gasteiger partial charge in [0.05, 0.1) is 0 Å². The van der Waals surface area contributed by atoms with Crippen molar-refractivity contribution in [1.82, 2.24) is 15.5 Å². The number of hydrogen-bond donors (Lipinski definition) is 2. The van der Waals surface area contributed by atoms with E-state index in [1.807, 2.05) is 51.1 Å². The first-order chi connectivity index (χ1) is 14.8. The highest BCUT2D eigenvalue weighted by Gasteiger charge is 2.33. The lowest BCUT2D eigenvalue weighted by Crippen LogP contribution is -2.51. The zero-order valence-corrected chi connectivity index (χ0v) is 20.8. The van der Waals surface area contributed by atoms with Crippen molar-refractivity contribution in [2.75, 3.05) is 13.1 Å². The van der Waals surface area contributed by atoms with Crippen molar-refractivity contribution in [2.24, 2.45) is 0 Å². The van der Waals surface area contributed by atoms with E-state index in [1.165, 1.54) is 0 Å². The summed E-state index contributed by atoms with van der Waals surface area (Å²) in [5, 5.41) is 5.54. The number of nitrogens with zero attached hydrogens (tertiary/aromatic N) is 1. The molecule has 0 fully saturated rings. The molecule has 0 saturated carbocycles. The summed E-state index contributed by atoms with van der Waals surface area (Å²) in [5.41, 5.74) is -0.377. The highest BCUT2D eigenvalue weighted by Crippen LogP contribution is 2.23. The highest BCUT2D eigenvalue weighted by atomic mass is 16.6. The molecule has 32 heavy (non-hydrogen) atoms. The second-order valence-electron chi connectivity index (χ2n) is 10.1. The van der Waals surface area contributed by atoms with E-state index in [1.54, 1.807) is 25.7 Å². The lowest BCUT2D eigenvalue weighted by Gasteiger charge is -2.34. The maximum Gasteiger partial charge on any atom is 0.408 e. The average molecular weight is 448 g/mol. The van der Waals surface area contributed by atoms with Crippen LogP contribution in [0.2, 0.25) is 0 Å². The fourth-order valence-corrected chi connectivity index (χ4v) is 3.22. The van der Waals surface area contributed by atoms with Gasteiger partial charge in [0, 0.05) is 12.1 Å². The molecule has 0 aliphatic carbocycles. The Balaban J connectivity index is 3.13. The molecule has 0 radical (unpaired) electrons. The number of alkyl carbamates (subject to hydrolysis) is 1. The third kappa shape index (κ3) is 10.6. The molecule has 1 aromatic carbocycles. The van der Waals surface area contributed by atoms with E-state index < -0.39 is 23.3 Å². The van der Waals surface area contributed by atoms with Gasteiger partial charge in [-0.15, -0.1) is 0 Å². The maximum absolute atomic E-state index is 13.3. The molecule has 0 spiro atoms. The van der Waals surface area contributed by atoms with Crippen molar-refractivity contribution in [3.05, 3.63) is 35.9 Å². The summed E-state index contributed by atoms with van der Waals surface area (Å²) < 4.78 is 5.24. The van der Waals surface area contributed by atoms with E-state index in [-0.39, 0.29) is 18.4 Å². The first kappa shape index (κ1) is 27.5. The quantitative estimate of drug-likeness (QED) is 0.514. The molecular formula is C25H41N3O4. The van der Waals surface area contributed by atoms with Crippen molar-refractivity contribution < 1.29 is 19.1 Å². The van der Waals surface area contributed by atoms with Gasteiger partial charge in [-0.05, 0) is 53.5 Å². The molecule has 0 saturated heterocycles. The maximum atomic E-state index is 13.3. The molecule has 3 amide bonds. The second kappa shape index (κ2) is 12.5. The van der Waals surface area contributed by atoms with E-state index >= 15 is 0 Å². The number of unbranched alkanes of at least 4 members (excludes halogenated alkanes) is 3. The van der Waals surface area contributed by atoms with Gasteiger partial charge in [0.1, 0.15) is 18.2 Å². The van der Waals surface area contributed by atoms with Crippen LogP contribution in [0.5, 0.6) is 0 Å². The van der Waals surface area contributed by atoms with Crippen LogP contribution < -0.4 is 10.6 Å². The van der Waals surface area contributed by atoms with Crippen LogP contribution >= 0.6 is 0 Å². The fourth-order valence-electron chi connectivity index (χ4n) is 3.22. The summed E-state index contributed by atoms with van der Waals surface area (Å²) in [6.45, 7) is 13.3. The number of ether oxygens (including phenoxy) is 1. The first-order valence-electron chi connectivity index (χ1n) is 11.5. The van der Waals surface area contributed by atoms with Crippen LogP contribution in [0.15, 0.2) is 30.3 Å². The third-order valence-corrected chi connectivity index (χ3v) is 4.53. The van der Waals surface area contributed by atoms with Crippen molar-refractivity contribution in [3.8, 4) is 0 Å². The van der Waals surface area contributed by atoms with Crippen molar-refractivity contribution in [1.29, 1.82) is 0 Å². The minimum Gasteiger partial charge on any atom is -0.444 e. The Morgan fingerprint density at radius 2 is 1.59 bits per heavy atom. The number of rotatable bonds is 10. The van der Waals surface area contributed by atoms with E-state index in [9.17, 15) is 14.4 Å². The molecule has 0 heterocycles. The zero-order chi connectivity index (χ0) is 24.4. The largest absolute Gasteiger partial charge is 0.444 e. The van der Waals surface area contributed by atoms with Gasteiger partial charge in [0.2, 0.25) is 11.8 Å². The van der Waals surface area contributed by atoms with Gasteiger partial charge >= 0.3 is 6.09 Å². The Kier molecular flexibility index (Phi) is 10.7. The minimum absolute atomic E-state index is 0.241. The van der Waals surface area contributed by atoms with Crippen LogP contribution in [0, 0.1) is 0 Å². The smallest absolute Gasteiger partial charge is 0.408 e. The molecule has 1 unspecified atom stereocenters. The van der Waals surface area contributed by atoms with Crippen molar-refractivity contribution in [3.63, 3.8) is 0 Å².